The van der Waals surface area contributed by atoms with Crippen LogP contribution in [0.5, 0.6) is 17.2 Å². The fourth-order valence-electron chi connectivity index (χ4n) is 3.70. The number of quaternary nitrogens is 1. The predicted molar refractivity (Wildman–Crippen MR) is 114 cm³/mol. The summed E-state index contributed by atoms with van der Waals surface area (Å²) >= 11 is 0. The number of amides is 1. The molecule has 2 N–H and O–H groups in total. The summed E-state index contributed by atoms with van der Waals surface area (Å²) in [6, 6.07) is 22.7. The second-order valence-corrected chi connectivity index (χ2v) is 7.28. The number of methoxy groups -OCH3 is 1. The van der Waals surface area contributed by atoms with Crippen LogP contribution in [0.4, 0.5) is 5.69 Å². The van der Waals surface area contributed by atoms with Gasteiger partial charge in [0.2, 0.25) is 6.79 Å². The molecule has 4 rings (SSSR count). The zero-order valence-electron chi connectivity index (χ0n) is 17.1. The van der Waals surface area contributed by atoms with Crippen molar-refractivity contribution in [2.24, 2.45) is 0 Å². The van der Waals surface area contributed by atoms with Gasteiger partial charge >= 0.3 is 0 Å². The van der Waals surface area contributed by atoms with Crippen molar-refractivity contribution in [3.63, 3.8) is 0 Å². The molecular weight excluding hydrogens is 380 g/mol. The maximum Gasteiger partial charge on any atom is 0.287 e. The minimum Gasteiger partial charge on any atom is -0.497 e. The smallest absolute Gasteiger partial charge is 0.287 e. The van der Waals surface area contributed by atoms with Crippen LogP contribution >= 0.6 is 0 Å². The van der Waals surface area contributed by atoms with Crippen LogP contribution in [0, 0.1) is 0 Å². The maximum absolute atomic E-state index is 13.3. The van der Waals surface area contributed by atoms with Gasteiger partial charge in [0.1, 0.15) is 12.3 Å². The molecule has 0 fully saturated rings. The molecule has 1 aliphatic rings. The molecule has 2 atom stereocenters. The maximum atomic E-state index is 13.3. The van der Waals surface area contributed by atoms with Crippen molar-refractivity contribution < 1.29 is 23.9 Å². The molecule has 0 aromatic heterocycles. The molecule has 1 unspecified atom stereocenters. The van der Waals surface area contributed by atoms with E-state index in [1.54, 1.807) is 7.11 Å². The van der Waals surface area contributed by atoms with Gasteiger partial charge in [-0.15, -0.1) is 0 Å². The van der Waals surface area contributed by atoms with E-state index in [1.807, 2.05) is 79.8 Å². The van der Waals surface area contributed by atoms with E-state index in [0.29, 0.717) is 18.0 Å². The van der Waals surface area contributed by atoms with Gasteiger partial charge in [-0.25, -0.2) is 0 Å². The van der Waals surface area contributed by atoms with E-state index in [0.717, 1.165) is 27.5 Å². The Bertz CT molecular complexity index is 1020. The van der Waals surface area contributed by atoms with E-state index in [9.17, 15) is 4.79 Å². The Hall–Kier alpha value is -3.51. The highest BCUT2D eigenvalue weighted by Gasteiger charge is 2.29. The Morgan fingerprint density at radius 3 is 2.63 bits per heavy atom. The number of nitrogens with one attached hydrogen (secondary N) is 2. The van der Waals surface area contributed by atoms with Gasteiger partial charge in [0.05, 0.1) is 14.2 Å². The van der Waals surface area contributed by atoms with Crippen molar-refractivity contribution in [1.29, 1.82) is 0 Å². The Balaban J connectivity index is 1.56. The molecule has 0 bridgehead atoms. The van der Waals surface area contributed by atoms with Crippen LogP contribution in [0.2, 0.25) is 0 Å². The normalized spacial score (nSPS) is 14.1. The summed E-state index contributed by atoms with van der Waals surface area (Å²) in [5, 5.41) is 3.04. The van der Waals surface area contributed by atoms with Gasteiger partial charge in [0.15, 0.2) is 17.5 Å². The third-order valence-electron chi connectivity index (χ3n) is 5.15. The van der Waals surface area contributed by atoms with Crippen LogP contribution in [0.1, 0.15) is 17.2 Å². The zero-order chi connectivity index (χ0) is 20.9. The molecule has 1 heterocycles. The van der Waals surface area contributed by atoms with Gasteiger partial charge in [0.25, 0.3) is 5.91 Å². The first-order valence-electron chi connectivity index (χ1n) is 9.85. The van der Waals surface area contributed by atoms with E-state index in [1.165, 1.54) is 0 Å². The lowest BCUT2D eigenvalue weighted by atomic mass is 10.0. The Kier molecular flexibility index (Phi) is 5.86. The Morgan fingerprint density at radius 2 is 1.83 bits per heavy atom. The van der Waals surface area contributed by atoms with Crippen molar-refractivity contribution in [2.45, 2.75) is 12.6 Å². The third kappa shape index (κ3) is 4.39. The molecule has 0 saturated heterocycles. The van der Waals surface area contributed by atoms with E-state index in [-0.39, 0.29) is 18.7 Å². The summed E-state index contributed by atoms with van der Waals surface area (Å²) < 4.78 is 16.2. The number of carbonyl (C=O) groups is 1. The van der Waals surface area contributed by atoms with Crippen molar-refractivity contribution in [2.75, 3.05) is 26.3 Å². The van der Waals surface area contributed by atoms with Crippen LogP contribution < -0.4 is 24.4 Å². The van der Waals surface area contributed by atoms with Gasteiger partial charge in [0, 0.05) is 22.9 Å². The average Bonchev–Trinajstić information content (AvgIpc) is 3.22. The topological polar surface area (TPSA) is 61.2 Å². The number of carbonyl (C=O) groups excluding carboxylic acids is 1. The molecule has 0 radical (unpaired) electrons. The fraction of sp³-hybridized carbons (Fsp3) is 0.208. The second-order valence-electron chi connectivity index (χ2n) is 7.28. The summed E-state index contributed by atoms with van der Waals surface area (Å²) in [4.78, 5) is 14.4. The standard InChI is InChI=1S/C24H24N2O4/c1-26(15-17-11-12-21-22(13-17)30-16-29-21)23(18-7-4-3-5-8-18)24(27)25-19-9-6-10-20(14-19)28-2/h3-14,23H,15-16H2,1-2H3,(H,25,27)/p+1/t23-/m1/s1. The predicted octanol–water partition coefficient (Wildman–Crippen LogP) is 2.82. The van der Waals surface area contributed by atoms with Crippen molar-refractivity contribution in [3.05, 3.63) is 83.9 Å². The van der Waals surface area contributed by atoms with E-state index in [2.05, 4.69) is 5.32 Å². The van der Waals surface area contributed by atoms with Crippen LogP contribution in [-0.2, 0) is 11.3 Å². The first-order chi connectivity index (χ1) is 14.6. The molecule has 0 saturated carbocycles. The highest BCUT2D eigenvalue weighted by molar-refractivity contribution is 5.94. The lowest BCUT2D eigenvalue weighted by molar-refractivity contribution is -0.915. The highest BCUT2D eigenvalue weighted by Crippen LogP contribution is 2.32. The Labute approximate surface area is 176 Å². The lowest BCUT2D eigenvalue weighted by Gasteiger charge is -2.25. The molecule has 1 amide bonds. The number of hydrogen-bond acceptors (Lipinski definition) is 4. The molecule has 0 spiro atoms. The molecule has 154 valence electrons. The average molecular weight is 405 g/mol. The quantitative estimate of drug-likeness (QED) is 0.635. The van der Waals surface area contributed by atoms with Crippen LogP contribution in [0.15, 0.2) is 72.8 Å². The number of anilines is 1. The number of likely N-dealkylation sites (N-methyl/N-ethyl adjacent to an activating group) is 1. The molecule has 6 nitrogen and oxygen atoms in total. The first kappa shape index (κ1) is 19.8. The molecule has 3 aromatic rings. The molecule has 1 aliphatic heterocycles. The molecular formula is C24H25N2O4+. The largest absolute Gasteiger partial charge is 0.497 e. The van der Waals surface area contributed by atoms with Crippen LogP contribution in [0.25, 0.3) is 0 Å². The van der Waals surface area contributed by atoms with E-state index < -0.39 is 0 Å². The summed E-state index contributed by atoms with van der Waals surface area (Å²) in [5.74, 6) is 2.13. The highest BCUT2D eigenvalue weighted by atomic mass is 16.7. The van der Waals surface area contributed by atoms with Crippen LogP contribution in [0.3, 0.4) is 0 Å². The minimum atomic E-state index is -0.386. The first-order valence-corrected chi connectivity index (χ1v) is 9.85. The minimum absolute atomic E-state index is 0.0762. The van der Waals surface area contributed by atoms with E-state index >= 15 is 0 Å². The zero-order valence-corrected chi connectivity index (χ0v) is 17.1. The number of ether oxygens (including phenoxy) is 3. The SMILES string of the molecule is COc1cccc(NC(=O)[C@@H](c2ccccc2)[NH+](C)Cc2ccc3c(c2)OCO3)c1. The summed E-state index contributed by atoms with van der Waals surface area (Å²) in [5.41, 5.74) is 2.74. The Morgan fingerprint density at radius 1 is 1.03 bits per heavy atom. The third-order valence-corrected chi connectivity index (χ3v) is 5.15. The summed E-state index contributed by atoms with van der Waals surface area (Å²) in [6.45, 7) is 0.902. The lowest BCUT2D eigenvalue weighted by Crippen LogP contribution is -3.09. The van der Waals surface area contributed by atoms with Crippen molar-refractivity contribution >= 4 is 11.6 Å². The second kappa shape index (κ2) is 8.88. The fourth-order valence-corrected chi connectivity index (χ4v) is 3.70. The van der Waals surface area contributed by atoms with Gasteiger partial charge in [-0.3, -0.25) is 4.79 Å². The van der Waals surface area contributed by atoms with Gasteiger partial charge in [-0.1, -0.05) is 36.4 Å². The van der Waals surface area contributed by atoms with Crippen molar-refractivity contribution in [1.82, 2.24) is 0 Å². The number of rotatable bonds is 7. The van der Waals surface area contributed by atoms with E-state index in [4.69, 9.17) is 14.2 Å². The molecule has 6 heteroatoms. The van der Waals surface area contributed by atoms with Crippen molar-refractivity contribution in [3.8, 4) is 17.2 Å². The number of benzene rings is 3. The monoisotopic (exact) mass is 405 g/mol. The molecule has 30 heavy (non-hydrogen) atoms. The van der Waals surface area contributed by atoms with Gasteiger partial charge in [-0.2, -0.15) is 0 Å². The van der Waals surface area contributed by atoms with Crippen LogP contribution in [-0.4, -0.2) is 26.9 Å². The molecule has 0 aliphatic carbocycles. The number of fused-ring (bicyclic) bond motifs is 1. The summed E-state index contributed by atoms with van der Waals surface area (Å²) in [6.07, 6.45) is 0. The van der Waals surface area contributed by atoms with Gasteiger partial charge in [-0.05, 0) is 30.3 Å². The van der Waals surface area contributed by atoms with Gasteiger partial charge < -0.3 is 24.4 Å². The summed E-state index contributed by atoms with van der Waals surface area (Å²) in [7, 11) is 3.63. The number of hydrogen-bond donors (Lipinski definition) is 2. The molecule has 3 aromatic carbocycles.